The first kappa shape index (κ1) is 19.0. The Morgan fingerprint density at radius 1 is 1.22 bits per heavy atom. The van der Waals surface area contributed by atoms with Crippen LogP contribution in [-0.2, 0) is 11.2 Å². The molecule has 142 valence electrons. The molecule has 3 atom stereocenters. The zero-order chi connectivity index (χ0) is 19.1. The first-order valence-electron chi connectivity index (χ1n) is 9.40. The number of amides is 2. The fraction of sp³-hybridized carbons (Fsp3) is 0.381. The lowest BCUT2D eigenvalue weighted by atomic mass is 9.99. The van der Waals surface area contributed by atoms with Crippen molar-refractivity contribution in [1.29, 1.82) is 0 Å². The molecule has 0 saturated carbocycles. The molecule has 3 unspecified atom stereocenters. The Balaban J connectivity index is 1.70. The van der Waals surface area contributed by atoms with E-state index in [1.165, 1.54) is 0 Å². The van der Waals surface area contributed by atoms with Crippen LogP contribution in [0.3, 0.4) is 0 Å². The second kappa shape index (κ2) is 9.28. The van der Waals surface area contributed by atoms with Crippen molar-refractivity contribution >= 4 is 11.8 Å². The molecule has 1 aromatic carbocycles. The molecule has 0 aliphatic carbocycles. The number of rotatable bonds is 6. The average Bonchev–Trinajstić information content (AvgIpc) is 2.69. The van der Waals surface area contributed by atoms with Crippen LogP contribution in [0.25, 0.3) is 0 Å². The Kier molecular flexibility index (Phi) is 6.54. The third kappa shape index (κ3) is 5.62. The third-order valence-electron chi connectivity index (χ3n) is 4.79. The van der Waals surface area contributed by atoms with Crippen LogP contribution in [0.4, 0.5) is 0 Å². The molecule has 1 aliphatic heterocycles. The summed E-state index contributed by atoms with van der Waals surface area (Å²) in [5.74, 6) is -0.402. The van der Waals surface area contributed by atoms with Gasteiger partial charge < -0.3 is 16.0 Å². The molecule has 2 amide bonds. The predicted molar refractivity (Wildman–Crippen MR) is 104 cm³/mol. The highest BCUT2D eigenvalue weighted by Gasteiger charge is 2.26. The normalized spacial score (nSPS) is 20.5. The number of hydrogen-bond donors (Lipinski definition) is 3. The van der Waals surface area contributed by atoms with Gasteiger partial charge >= 0.3 is 0 Å². The first-order valence-corrected chi connectivity index (χ1v) is 9.40. The van der Waals surface area contributed by atoms with E-state index < -0.39 is 6.04 Å². The molecule has 2 aromatic rings. The second-order valence-electron chi connectivity index (χ2n) is 7.04. The SMILES string of the molecule is CC1CC(NC(=O)C(Cc2cccnc2)NC(=O)c2ccccc2)CCN1. The minimum Gasteiger partial charge on any atom is -0.351 e. The Hall–Kier alpha value is -2.73. The third-order valence-corrected chi connectivity index (χ3v) is 4.79. The standard InChI is InChI=1S/C21H26N4O2/c1-15-12-18(9-11-23-15)24-21(27)19(13-16-6-5-10-22-14-16)25-20(26)17-7-3-2-4-8-17/h2-8,10,14-15,18-19,23H,9,11-13H2,1H3,(H,24,27)(H,25,26). The largest absolute Gasteiger partial charge is 0.351 e. The zero-order valence-corrected chi connectivity index (χ0v) is 15.5. The van der Waals surface area contributed by atoms with Crippen molar-refractivity contribution in [2.24, 2.45) is 0 Å². The topological polar surface area (TPSA) is 83.1 Å². The minimum atomic E-state index is -0.646. The van der Waals surface area contributed by atoms with Crippen molar-refractivity contribution in [2.45, 2.75) is 44.3 Å². The lowest BCUT2D eigenvalue weighted by Crippen LogP contribution is -2.53. The smallest absolute Gasteiger partial charge is 0.251 e. The maximum atomic E-state index is 12.9. The fourth-order valence-corrected chi connectivity index (χ4v) is 3.36. The van der Waals surface area contributed by atoms with Crippen molar-refractivity contribution in [3.8, 4) is 0 Å². The summed E-state index contributed by atoms with van der Waals surface area (Å²) in [6.07, 6.45) is 5.60. The number of benzene rings is 1. The Morgan fingerprint density at radius 2 is 2.04 bits per heavy atom. The summed E-state index contributed by atoms with van der Waals surface area (Å²) >= 11 is 0. The highest BCUT2D eigenvalue weighted by atomic mass is 16.2. The molecule has 1 aliphatic rings. The first-order chi connectivity index (χ1) is 13.1. The molecule has 1 aromatic heterocycles. The predicted octanol–water partition coefficient (Wildman–Crippen LogP) is 1.68. The number of aromatic nitrogens is 1. The van der Waals surface area contributed by atoms with Gasteiger partial charge in [0.15, 0.2) is 0 Å². The van der Waals surface area contributed by atoms with Gasteiger partial charge in [-0.3, -0.25) is 14.6 Å². The van der Waals surface area contributed by atoms with Gasteiger partial charge in [0.1, 0.15) is 6.04 Å². The van der Waals surface area contributed by atoms with Gasteiger partial charge in [-0.05, 0) is 50.1 Å². The summed E-state index contributed by atoms with van der Waals surface area (Å²) in [6.45, 7) is 3.00. The molecule has 0 bridgehead atoms. The zero-order valence-electron chi connectivity index (χ0n) is 15.5. The monoisotopic (exact) mass is 366 g/mol. The van der Waals surface area contributed by atoms with Gasteiger partial charge in [-0.2, -0.15) is 0 Å². The summed E-state index contributed by atoms with van der Waals surface area (Å²) in [5, 5.41) is 9.38. The molecule has 1 fully saturated rings. The molecule has 0 spiro atoms. The van der Waals surface area contributed by atoms with Gasteiger partial charge in [-0.15, -0.1) is 0 Å². The van der Waals surface area contributed by atoms with Crippen LogP contribution in [0.2, 0.25) is 0 Å². The van der Waals surface area contributed by atoms with Crippen LogP contribution in [0.5, 0.6) is 0 Å². The average molecular weight is 366 g/mol. The molecule has 1 saturated heterocycles. The van der Waals surface area contributed by atoms with Crippen LogP contribution < -0.4 is 16.0 Å². The molecule has 0 radical (unpaired) electrons. The maximum Gasteiger partial charge on any atom is 0.251 e. The number of nitrogens with zero attached hydrogens (tertiary/aromatic N) is 1. The van der Waals surface area contributed by atoms with Gasteiger partial charge in [0.25, 0.3) is 5.91 Å². The van der Waals surface area contributed by atoms with Crippen LogP contribution in [-0.4, -0.2) is 41.5 Å². The number of piperidine rings is 1. The Bertz CT molecular complexity index is 751. The molecule has 2 heterocycles. The van der Waals surface area contributed by atoms with Gasteiger partial charge in [0, 0.05) is 36.5 Å². The minimum absolute atomic E-state index is 0.124. The summed E-state index contributed by atoms with van der Waals surface area (Å²) in [6, 6.07) is 12.5. The maximum absolute atomic E-state index is 12.9. The van der Waals surface area contributed by atoms with Crippen molar-refractivity contribution < 1.29 is 9.59 Å². The highest BCUT2D eigenvalue weighted by Crippen LogP contribution is 2.10. The van der Waals surface area contributed by atoms with Crippen LogP contribution in [0, 0.1) is 0 Å². The summed E-state index contributed by atoms with van der Waals surface area (Å²) in [5.41, 5.74) is 1.45. The van der Waals surface area contributed by atoms with Crippen molar-refractivity contribution in [2.75, 3.05) is 6.54 Å². The number of carbonyl (C=O) groups excluding carboxylic acids is 2. The summed E-state index contributed by atoms with van der Waals surface area (Å²) in [7, 11) is 0. The van der Waals surface area contributed by atoms with E-state index in [9.17, 15) is 9.59 Å². The van der Waals surface area contributed by atoms with E-state index in [0.717, 1.165) is 24.9 Å². The fourth-order valence-electron chi connectivity index (χ4n) is 3.36. The summed E-state index contributed by atoms with van der Waals surface area (Å²) < 4.78 is 0. The van der Waals surface area contributed by atoms with E-state index in [-0.39, 0.29) is 17.9 Å². The molecule has 3 N–H and O–H groups in total. The molecule has 6 nitrogen and oxygen atoms in total. The number of carbonyl (C=O) groups is 2. The van der Waals surface area contributed by atoms with E-state index in [1.54, 1.807) is 24.5 Å². The molecular formula is C21H26N4O2. The van der Waals surface area contributed by atoms with E-state index in [4.69, 9.17) is 0 Å². The van der Waals surface area contributed by atoms with Crippen molar-refractivity contribution in [1.82, 2.24) is 20.9 Å². The lowest BCUT2D eigenvalue weighted by molar-refractivity contribution is -0.123. The van der Waals surface area contributed by atoms with Crippen LogP contribution >= 0.6 is 0 Å². The van der Waals surface area contributed by atoms with Crippen molar-refractivity contribution in [3.63, 3.8) is 0 Å². The number of nitrogens with one attached hydrogen (secondary N) is 3. The van der Waals surface area contributed by atoms with Gasteiger partial charge in [-0.25, -0.2) is 0 Å². The highest BCUT2D eigenvalue weighted by molar-refractivity contribution is 5.97. The lowest BCUT2D eigenvalue weighted by Gasteiger charge is -2.30. The van der Waals surface area contributed by atoms with Crippen LogP contribution in [0.15, 0.2) is 54.9 Å². The van der Waals surface area contributed by atoms with Crippen molar-refractivity contribution in [3.05, 3.63) is 66.0 Å². The van der Waals surface area contributed by atoms with Gasteiger partial charge in [0.2, 0.25) is 5.91 Å². The van der Waals surface area contributed by atoms with E-state index in [1.807, 2.05) is 30.3 Å². The molecule has 6 heteroatoms. The molecular weight excluding hydrogens is 340 g/mol. The summed E-state index contributed by atoms with van der Waals surface area (Å²) in [4.78, 5) is 29.6. The van der Waals surface area contributed by atoms with Crippen LogP contribution in [0.1, 0.15) is 35.7 Å². The number of pyridine rings is 1. The van der Waals surface area contributed by atoms with Gasteiger partial charge in [0.05, 0.1) is 0 Å². The van der Waals surface area contributed by atoms with E-state index >= 15 is 0 Å². The quantitative estimate of drug-likeness (QED) is 0.726. The number of hydrogen-bond acceptors (Lipinski definition) is 4. The second-order valence-corrected chi connectivity index (χ2v) is 7.04. The molecule has 27 heavy (non-hydrogen) atoms. The molecule has 3 rings (SSSR count). The van der Waals surface area contributed by atoms with Gasteiger partial charge in [-0.1, -0.05) is 24.3 Å². The Labute approximate surface area is 159 Å². The van der Waals surface area contributed by atoms with E-state index in [0.29, 0.717) is 18.0 Å². The Morgan fingerprint density at radius 3 is 2.74 bits per heavy atom. The van der Waals surface area contributed by atoms with E-state index in [2.05, 4.69) is 27.9 Å².